The lowest BCUT2D eigenvalue weighted by Gasteiger charge is -2.11. The molecule has 0 amide bonds. The van der Waals surface area contributed by atoms with E-state index in [0.717, 1.165) is 39.2 Å². The second-order valence-electron chi connectivity index (χ2n) is 8.82. The van der Waals surface area contributed by atoms with Crippen molar-refractivity contribution in [3.63, 3.8) is 0 Å². The van der Waals surface area contributed by atoms with Crippen LogP contribution in [0.1, 0.15) is 11.1 Å². The molecule has 0 saturated carbocycles. The molecule has 37 heavy (non-hydrogen) atoms. The van der Waals surface area contributed by atoms with E-state index in [2.05, 4.69) is 25.8 Å². The summed E-state index contributed by atoms with van der Waals surface area (Å²) < 4.78 is 5.52. The molecule has 3 heterocycles. The molecule has 5 aromatic rings. The fourth-order valence-electron chi connectivity index (χ4n) is 4.33. The summed E-state index contributed by atoms with van der Waals surface area (Å²) in [5.74, 6) is 1.03. The van der Waals surface area contributed by atoms with Gasteiger partial charge in [-0.15, -0.1) is 0 Å². The van der Waals surface area contributed by atoms with Crippen molar-refractivity contribution < 1.29 is 9.53 Å². The number of H-pyrrole nitrogens is 1. The van der Waals surface area contributed by atoms with Crippen molar-refractivity contribution in [2.24, 2.45) is 0 Å². The highest BCUT2D eigenvalue weighted by atomic mass is 16.5. The van der Waals surface area contributed by atoms with E-state index in [0.29, 0.717) is 18.1 Å². The molecule has 0 spiro atoms. The average Bonchev–Trinajstić information content (AvgIpc) is 3.63. The SMILES string of the molecule is O=C(OCc1ccccc1)C1Cc2ccc(-c3nccc(Nc4ccc(-c5cn[nH]c5)cc4)n3)cc2N1. The molecule has 0 fully saturated rings. The van der Waals surface area contributed by atoms with E-state index in [-0.39, 0.29) is 12.6 Å². The van der Waals surface area contributed by atoms with Gasteiger partial charge >= 0.3 is 5.97 Å². The number of benzene rings is 3. The summed E-state index contributed by atoms with van der Waals surface area (Å²) in [7, 11) is 0. The van der Waals surface area contributed by atoms with Crippen LogP contribution in [0.3, 0.4) is 0 Å². The molecule has 1 aliphatic rings. The number of esters is 1. The summed E-state index contributed by atoms with van der Waals surface area (Å²) in [5.41, 5.74) is 6.83. The predicted octanol–water partition coefficient (Wildman–Crippen LogP) is 5.36. The minimum Gasteiger partial charge on any atom is -0.459 e. The number of aromatic amines is 1. The summed E-state index contributed by atoms with van der Waals surface area (Å²) in [6.45, 7) is 0.263. The highest BCUT2D eigenvalue weighted by Gasteiger charge is 2.28. The zero-order valence-electron chi connectivity index (χ0n) is 19.9. The van der Waals surface area contributed by atoms with E-state index in [1.807, 2.05) is 85.1 Å². The maximum absolute atomic E-state index is 12.6. The topological polar surface area (TPSA) is 105 Å². The summed E-state index contributed by atoms with van der Waals surface area (Å²) in [6, 6.07) is 25.1. The van der Waals surface area contributed by atoms with Gasteiger partial charge in [0.05, 0.1) is 6.20 Å². The Morgan fingerprint density at radius 1 is 0.973 bits per heavy atom. The van der Waals surface area contributed by atoms with Gasteiger partial charge in [-0.25, -0.2) is 14.8 Å². The van der Waals surface area contributed by atoms with Gasteiger partial charge in [0, 0.05) is 41.3 Å². The number of nitrogens with zero attached hydrogens (tertiary/aromatic N) is 3. The van der Waals surface area contributed by atoms with Gasteiger partial charge in [0.25, 0.3) is 0 Å². The number of anilines is 3. The van der Waals surface area contributed by atoms with Crippen LogP contribution < -0.4 is 10.6 Å². The van der Waals surface area contributed by atoms with Crippen LogP contribution in [0.15, 0.2) is 97.5 Å². The smallest absolute Gasteiger partial charge is 0.329 e. The first-order valence-electron chi connectivity index (χ1n) is 12.0. The molecule has 6 rings (SSSR count). The van der Waals surface area contributed by atoms with Gasteiger partial charge in [-0.3, -0.25) is 5.10 Å². The van der Waals surface area contributed by atoms with Crippen LogP contribution >= 0.6 is 0 Å². The molecule has 182 valence electrons. The van der Waals surface area contributed by atoms with Crippen LogP contribution in [-0.2, 0) is 22.6 Å². The van der Waals surface area contributed by atoms with Crippen LogP contribution in [0.2, 0.25) is 0 Å². The Morgan fingerprint density at radius 2 is 1.81 bits per heavy atom. The molecule has 1 unspecified atom stereocenters. The quantitative estimate of drug-likeness (QED) is 0.265. The Morgan fingerprint density at radius 3 is 2.62 bits per heavy atom. The molecule has 0 radical (unpaired) electrons. The molecule has 2 aromatic heterocycles. The van der Waals surface area contributed by atoms with Gasteiger partial charge in [0.1, 0.15) is 18.5 Å². The van der Waals surface area contributed by atoms with Gasteiger partial charge in [0.15, 0.2) is 5.82 Å². The maximum Gasteiger partial charge on any atom is 0.329 e. The van der Waals surface area contributed by atoms with E-state index in [9.17, 15) is 4.79 Å². The fourth-order valence-corrected chi connectivity index (χ4v) is 4.33. The normalized spacial score (nSPS) is 14.0. The lowest BCUT2D eigenvalue weighted by molar-refractivity contribution is -0.145. The number of aromatic nitrogens is 4. The third-order valence-corrected chi connectivity index (χ3v) is 6.27. The van der Waals surface area contributed by atoms with Gasteiger partial charge in [0.2, 0.25) is 0 Å². The Balaban J connectivity index is 1.12. The molecule has 8 heteroatoms. The summed E-state index contributed by atoms with van der Waals surface area (Å²) in [6.07, 6.45) is 5.97. The summed E-state index contributed by atoms with van der Waals surface area (Å²) in [5, 5.41) is 13.5. The van der Waals surface area contributed by atoms with Gasteiger partial charge in [-0.05, 0) is 41.0 Å². The van der Waals surface area contributed by atoms with Crippen molar-refractivity contribution in [2.45, 2.75) is 19.1 Å². The predicted molar refractivity (Wildman–Crippen MR) is 142 cm³/mol. The highest BCUT2D eigenvalue weighted by molar-refractivity contribution is 5.84. The van der Waals surface area contributed by atoms with Crippen molar-refractivity contribution >= 4 is 23.2 Å². The van der Waals surface area contributed by atoms with E-state index in [1.165, 1.54) is 0 Å². The fraction of sp³-hybridized carbons (Fsp3) is 0.103. The van der Waals surface area contributed by atoms with Crippen LogP contribution in [-0.4, -0.2) is 32.2 Å². The first-order valence-corrected chi connectivity index (χ1v) is 12.0. The zero-order valence-corrected chi connectivity index (χ0v) is 19.9. The van der Waals surface area contributed by atoms with Crippen molar-refractivity contribution in [1.29, 1.82) is 0 Å². The van der Waals surface area contributed by atoms with Gasteiger partial charge in [-0.1, -0.05) is 54.6 Å². The highest BCUT2D eigenvalue weighted by Crippen LogP contribution is 2.31. The van der Waals surface area contributed by atoms with Crippen molar-refractivity contribution in [3.05, 3.63) is 109 Å². The molecule has 3 aromatic carbocycles. The monoisotopic (exact) mass is 488 g/mol. The van der Waals surface area contributed by atoms with Crippen LogP contribution in [0.5, 0.6) is 0 Å². The molecular weight excluding hydrogens is 464 g/mol. The lowest BCUT2D eigenvalue weighted by Crippen LogP contribution is -2.28. The first kappa shape index (κ1) is 22.5. The van der Waals surface area contributed by atoms with Gasteiger partial charge in [-0.2, -0.15) is 5.10 Å². The van der Waals surface area contributed by atoms with Crippen molar-refractivity contribution in [3.8, 4) is 22.5 Å². The third-order valence-electron chi connectivity index (χ3n) is 6.27. The minimum atomic E-state index is -0.409. The molecule has 0 aliphatic carbocycles. The molecule has 8 nitrogen and oxygen atoms in total. The van der Waals surface area contributed by atoms with E-state index >= 15 is 0 Å². The maximum atomic E-state index is 12.6. The average molecular weight is 489 g/mol. The van der Waals surface area contributed by atoms with Gasteiger partial charge < -0.3 is 15.4 Å². The summed E-state index contributed by atoms with van der Waals surface area (Å²) in [4.78, 5) is 21.8. The number of rotatable bonds is 7. The van der Waals surface area contributed by atoms with Crippen LogP contribution in [0.25, 0.3) is 22.5 Å². The first-order chi connectivity index (χ1) is 18.2. The second-order valence-corrected chi connectivity index (χ2v) is 8.82. The molecule has 1 atom stereocenters. The Hall–Kier alpha value is -4.98. The summed E-state index contributed by atoms with van der Waals surface area (Å²) >= 11 is 0. The van der Waals surface area contributed by atoms with E-state index in [4.69, 9.17) is 9.72 Å². The Kier molecular flexibility index (Phi) is 6.04. The number of hydrogen-bond donors (Lipinski definition) is 3. The molecule has 0 bridgehead atoms. The second kappa shape index (κ2) is 9.94. The van der Waals surface area contributed by atoms with E-state index in [1.54, 1.807) is 12.4 Å². The zero-order chi connectivity index (χ0) is 25.0. The molecule has 3 N–H and O–H groups in total. The number of carbonyl (C=O) groups is 1. The van der Waals surface area contributed by atoms with E-state index < -0.39 is 6.04 Å². The Labute approximate surface area is 213 Å². The standard InChI is InChI=1S/C29H24N6O2/c36-29(37-18-19-4-2-1-3-5-19)26-14-21-6-7-22(15-25(21)34-26)28-30-13-12-27(35-28)33-24-10-8-20(9-11-24)23-16-31-32-17-23/h1-13,15-17,26,34H,14,18H2,(H,31,32)(H,30,33,35). The lowest BCUT2D eigenvalue weighted by atomic mass is 10.1. The van der Waals surface area contributed by atoms with Crippen LogP contribution in [0.4, 0.5) is 17.2 Å². The number of nitrogens with one attached hydrogen (secondary N) is 3. The van der Waals surface area contributed by atoms with Crippen molar-refractivity contribution in [1.82, 2.24) is 20.2 Å². The molecular formula is C29H24N6O2. The Bertz CT molecular complexity index is 1520. The third kappa shape index (κ3) is 5.04. The van der Waals surface area contributed by atoms with Crippen LogP contribution in [0, 0.1) is 0 Å². The number of ether oxygens (including phenoxy) is 1. The number of carbonyl (C=O) groups excluding carboxylic acids is 1. The largest absolute Gasteiger partial charge is 0.459 e. The minimum absolute atomic E-state index is 0.261. The molecule has 1 aliphatic heterocycles. The number of fused-ring (bicyclic) bond motifs is 1. The van der Waals surface area contributed by atoms with Crippen molar-refractivity contribution in [2.75, 3.05) is 10.6 Å². The number of hydrogen-bond acceptors (Lipinski definition) is 7. The molecule has 0 saturated heterocycles.